The van der Waals surface area contributed by atoms with E-state index < -0.39 is 11.7 Å². The van der Waals surface area contributed by atoms with Crippen LogP contribution in [-0.2, 0) is 12.8 Å². The minimum atomic E-state index is -4.50. The van der Waals surface area contributed by atoms with E-state index >= 15 is 0 Å². The van der Waals surface area contributed by atoms with E-state index in [0.717, 1.165) is 46.4 Å². The van der Waals surface area contributed by atoms with E-state index in [4.69, 9.17) is 9.47 Å². The zero-order valence-corrected chi connectivity index (χ0v) is 20.8. The lowest BCUT2D eigenvalue weighted by Gasteiger charge is -2.33. The van der Waals surface area contributed by atoms with Crippen molar-refractivity contribution in [2.75, 3.05) is 12.4 Å². The number of methoxy groups -OCH3 is 1. The first-order valence-corrected chi connectivity index (χ1v) is 11.5. The van der Waals surface area contributed by atoms with Crippen LogP contribution in [0, 0.1) is 6.92 Å². The molecule has 0 amide bonds. The van der Waals surface area contributed by atoms with Crippen LogP contribution in [0.3, 0.4) is 0 Å². The Kier molecular flexibility index (Phi) is 6.60. The summed E-state index contributed by atoms with van der Waals surface area (Å²) in [5, 5.41) is 3.49. The van der Waals surface area contributed by atoms with Crippen LogP contribution in [0.15, 0.2) is 54.6 Å². The molecular formula is C29H28F3NO3. The van der Waals surface area contributed by atoms with E-state index in [0.29, 0.717) is 28.2 Å². The van der Waals surface area contributed by atoms with Gasteiger partial charge >= 0.3 is 6.18 Å². The second-order valence-electron chi connectivity index (χ2n) is 9.53. The number of benzene rings is 3. The fourth-order valence-electron chi connectivity index (χ4n) is 4.69. The molecule has 0 radical (unpaired) electrons. The molecule has 0 atom stereocenters. The largest absolute Gasteiger partial charge is 0.496 e. The number of halogens is 3. The molecule has 1 aliphatic heterocycles. The van der Waals surface area contributed by atoms with Gasteiger partial charge in [-0.3, -0.25) is 4.79 Å². The van der Waals surface area contributed by atoms with Crippen molar-refractivity contribution >= 4 is 17.5 Å². The molecule has 4 rings (SSSR count). The van der Waals surface area contributed by atoms with Gasteiger partial charge in [0.05, 0.1) is 18.2 Å². The van der Waals surface area contributed by atoms with Gasteiger partial charge in [0.15, 0.2) is 0 Å². The number of anilines is 1. The van der Waals surface area contributed by atoms with Gasteiger partial charge in [-0.05, 0) is 74.7 Å². The molecule has 3 aromatic rings. The van der Waals surface area contributed by atoms with Gasteiger partial charge in [0.1, 0.15) is 24.4 Å². The first-order valence-electron chi connectivity index (χ1n) is 11.5. The molecule has 0 saturated heterocycles. The third kappa shape index (κ3) is 4.96. The maximum Gasteiger partial charge on any atom is 0.416 e. The topological polar surface area (TPSA) is 47.6 Å². The Bertz CT molecular complexity index is 1360. The maximum atomic E-state index is 13.6. The molecule has 0 spiro atoms. The Morgan fingerprint density at radius 2 is 1.72 bits per heavy atom. The van der Waals surface area contributed by atoms with E-state index in [9.17, 15) is 18.0 Å². The number of rotatable bonds is 6. The Hall–Kier alpha value is -3.74. The SMILES string of the molecule is COc1ccc(C(F)(F)F)cc1-c1ccc2c(c1COc1cc(C=O)ccc1C)C(C)=CC(C)(C)N2. The van der Waals surface area contributed by atoms with E-state index in [1.54, 1.807) is 24.3 Å². The Morgan fingerprint density at radius 1 is 0.972 bits per heavy atom. The highest BCUT2D eigenvalue weighted by Crippen LogP contribution is 2.44. The molecule has 0 saturated carbocycles. The highest BCUT2D eigenvalue weighted by atomic mass is 19.4. The van der Waals surface area contributed by atoms with Gasteiger partial charge in [-0.25, -0.2) is 0 Å². The van der Waals surface area contributed by atoms with Crippen molar-refractivity contribution < 1.29 is 27.4 Å². The molecule has 1 N–H and O–H groups in total. The molecule has 0 aliphatic carbocycles. The third-order valence-electron chi connectivity index (χ3n) is 6.28. The number of carbonyl (C=O) groups is 1. The lowest BCUT2D eigenvalue weighted by atomic mass is 9.85. The maximum absolute atomic E-state index is 13.6. The molecule has 1 aliphatic rings. The molecule has 36 heavy (non-hydrogen) atoms. The quantitative estimate of drug-likeness (QED) is 0.356. The number of hydrogen-bond donors (Lipinski definition) is 1. The molecular weight excluding hydrogens is 467 g/mol. The van der Waals surface area contributed by atoms with Crippen molar-refractivity contribution in [3.8, 4) is 22.6 Å². The summed E-state index contributed by atoms with van der Waals surface area (Å²) in [6.07, 6.45) is -1.67. The smallest absolute Gasteiger partial charge is 0.416 e. The molecule has 3 aromatic carbocycles. The van der Waals surface area contributed by atoms with Gasteiger partial charge in [-0.15, -0.1) is 0 Å². The van der Waals surface area contributed by atoms with E-state index in [-0.39, 0.29) is 12.1 Å². The Balaban J connectivity index is 1.92. The monoisotopic (exact) mass is 495 g/mol. The number of aryl methyl sites for hydroxylation is 1. The highest BCUT2D eigenvalue weighted by Gasteiger charge is 2.32. The van der Waals surface area contributed by atoms with Crippen molar-refractivity contribution in [1.29, 1.82) is 0 Å². The molecule has 0 bridgehead atoms. The lowest BCUT2D eigenvalue weighted by Crippen LogP contribution is -2.32. The van der Waals surface area contributed by atoms with Crippen LogP contribution in [0.1, 0.15) is 53.4 Å². The number of carbonyl (C=O) groups excluding carboxylic acids is 1. The summed E-state index contributed by atoms with van der Waals surface area (Å²) in [5.41, 5.74) is 4.61. The van der Waals surface area contributed by atoms with Crippen LogP contribution in [0.2, 0.25) is 0 Å². The number of ether oxygens (including phenoxy) is 2. The minimum Gasteiger partial charge on any atom is -0.496 e. The molecule has 0 fully saturated rings. The van der Waals surface area contributed by atoms with Crippen LogP contribution in [0.25, 0.3) is 16.7 Å². The van der Waals surface area contributed by atoms with Crippen LogP contribution >= 0.6 is 0 Å². The predicted octanol–water partition coefficient (Wildman–Crippen LogP) is 7.69. The number of alkyl halides is 3. The highest BCUT2D eigenvalue weighted by molar-refractivity contribution is 5.88. The van der Waals surface area contributed by atoms with Crippen LogP contribution in [0.5, 0.6) is 11.5 Å². The van der Waals surface area contributed by atoms with E-state index in [2.05, 4.69) is 11.4 Å². The predicted molar refractivity (Wildman–Crippen MR) is 136 cm³/mol. The van der Waals surface area contributed by atoms with Gasteiger partial charge in [0.2, 0.25) is 0 Å². The summed E-state index contributed by atoms with van der Waals surface area (Å²) in [7, 11) is 1.43. The third-order valence-corrected chi connectivity index (χ3v) is 6.28. The van der Waals surface area contributed by atoms with Gasteiger partial charge in [0.25, 0.3) is 0 Å². The van der Waals surface area contributed by atoms with Crippen molar-refractivity contribution in [2.45, 2.75) is 46.0 Å². The normalized spacial score (nSPS) is 14.4. The minimum absolute atomic E-state index is 0.0777. The van der Waals surface area contributed by atoms with Crippen LogP contribution < -0.4 is 14.8 Å². The van der Waals surface area contributed by atoms with Gasteiger partial charge in [-0.2, -0.15) is 13.2 Å². The van der Waals surface area contributed by atoms with Crippen molar-refractivity contribution in [3.05, 3.63) is 82.4 Å². The van der Waals surface area contributed by atoms with Gasteiger partial charge in [-0.1, -0.05) is 24.3 Å². The Morgan fingerprint density at radius 3 is 2.39 bits per heavy atom. The fourth-order valence-corrected chi connectivity index (χ4v) is 4.69. The zero-order valence-electron chi connectivity index (χ0n) is 20.8. The van der Waals surface area contributed by atoms with Crippen molar-refractivity contribution in [2.24, 2.45) is 0 Å². The van der Waals surface area contributed by atoms with Gasteiger partial charge < -0.3 is 14.8 Å². The summed E-state index contributed by atoms with van der Waals surface area (Å²) in [6, 6.07) is 12.3. The first-order chi connectivity index (χ1) is 16.9. The number of fused-ring (bicyclic) bond motifs is 1. The van der Waals surface area contributed by atoms with Gasteiger partial charge in [0, 0.05) is 27.9 Å². The molecule has 4 nitrogen and oxygen atoms in total. The summed E-state index contributed by atoms with van der Waals surface area (Å²) >= 11 is 0. The molecule has 0 aromatic heterocycles. The van der Waals surface area contributed by atoms with E-state index in [1.807, 2.05) is 33.8 Å². The standard InChI is InChI=1S/C29H28F3NO3/c1-17-6-7-19(15-34)12-26(17)36-16-23-21(9-10-24-27(23)18(2)14-28(3,4)33-24)22-13-20(29(30,31)32)8-11-25(22)35-5/h6-15,33H,16H2,1-5H3. The molecule has 188 valence electrons. The second-order valence-corrected chi connectivity index (χ2v) is 9.53. The fraction of sp³-hybridized carbons (Fsp3) is 0.276. The average molecular weight is 496 g/mol. The van der Waals surface area contributed by atoms with Crippen molar-refractivity contribution in [1.82, 2.24) is 0 Å². The number of aldehydes is 1. The first kappa shape index (κ1) is 25.4. The summed E-state index contributed by atoms with van der Waals surface area (Å²) in [6.45, 7) is 8.03. The van der Waals surface area contributed by atoms with Crippen LogP contribution in [0.4, 0.5) is 18.9 Å². The van der Waals surface area contributed by atoms with E-state index in [1.165, 1.54) is 13.2 Å². The Labute approximate surface area is 208 Å². The molecule has 1 heterocycles. The average Bonchev–Trinajstić information content (AvgIpc) is 2.81. The zero-order chi connectivity index (χ0) is 26.3. The number of nitrogens with one attached hydrogen (secondary N) is 1. The lowest BCUT2D eigenvalue weighted by molar-refractivity contribution is -0.137. The molecule has 7 heteroatoms. The summed E-state index contributed by atoms with van der Waals surface area (Å²) in [4.78, 5) is 11.3. The summed E-state index contributed by atoms with van der Waals surface area (Å²) in [5.74, 6) is 0.860. The second kappa shape index (κ2) is 9.37. The summed E-state index contributed by atoms with van der Waals surface area (Å²) < 4.78 is 52.5. The van der Waals surface area contributed by atoms with Crippen LogP contribution in [-0.4, -0.2) is 18.9 Å². The number of hydrogen-bond acceptors (Lipinski definition) is 4. The van der Waals surface area contributed by atoms with Crippen molar-refractivity contribution in [3.63, 3.8) is 0 Å². The number of allylic oxidation sites excluding steroid dienone is 1. The molecule has 0 unspecified atom stereocenters.